The molecule has 1 amide bonds. The molecule has 0 saturated heterocycles. The minimum Gasteiger partial charge on any atom is -0.406 e. The van der Waals surface area contributed by atoms with E-state index < -0.39 is 28.2 Å². The van der Waals surface area contributed by atoms with Crippen LogP contribution in [0.5, 0.6) is 5.75 Å². The maximum absolute atomic E-state index is 12.5. The molecule has 1 aliphatic carbocycles. The summed E-state index contributed by atoms with van der Waals surface area (Å²) in [6.45, 7) is 1.55. The molecule has 2 atom stereocenters. The van der Waals surface area contributed by atoms with Crippen molar-refractivity contribution in [2.75, 3.05) is 0 Å². The first-order chi connectivity index (χ1) is 14.5. The van der Waals surface area contributed by atoms with E-state index >= 15 is 0 Å². The number of carbonyl (C=O) groups is 1. The number of alkyl halides is 3. The molecule has 2 N–H and O–H groups in total. The van der Waals surface area contributed by atoms with Crippen LogP contribution in [0, 0.1) is 0 Å². The molecular formula is C21H23F3N2O4S. The summed E-state index contributed by atoms with van der Waals surface area (Å²) in [6.07, 6.45) is -2.20. The van der Waals surface area contributed by atoms with Crippen LogP contribution in [-0.2, 0) is 21.2 Å². The van der Waals surface area contributed by atoms with Crippen LogP contribution in [0.2, 0.25) is 0 Å². The van der Waals surface area contributed by atoms with E-state index in [0.717, 1.165) is 49.1 Å². The number of hydrogen-bond acceptors (Lipinski definition) is 4. The van der Waals surface area contributed by atoms with Crippen LogP contribution in [0.4, 0.5) is 13.2 Å². The second-order valence-corrected chi connectivity index (χ2v) is 9.17. The fourth-order valence-electron chi connectivity index (χ4n) is 3.63. The van der Waals surface area contributed by atoms with Crippen LogP contribution in [0.3, 0.4) is 0 Å². The molecule has 168 valence electrons. The van der Waals surface area contributed by atoms with E-state index in [1.165, 1.54) is 5.56 Å². The Hall–Kier alpha value is -2.59. The van der Waals surface area contributed by atoms with Crippen LogP contribution < -0.4 is 14.8 Å². The number of halogens is 3. The highest BCUT2D eigenvalue weighted by molar-refractivity contribution is 7.89. The van der Waals surface area contributed by atoms with Crippen LogP contribution in [0.25, 0.3) is 0 Å². The number of aryl methyl sites for hydroxylation is 1. The Balaban J connectivity index is 1.57. The second kappa shape index (κ2) is 9.27. The Kier molecular flexibility index (Phi) is 6.90. The Morgan fingerprint density at radius 2 is 1.84 bits per heavy atom. The first kappa shape index (κ1) is 23.1. The number of rotatable bonds is 7. The zero-order valence-electron chi connectivity index (χ0n) is 16.8. The van der Waals surface area contributed by atoms with E-state index in [4.69, 9.17) is 0 Å². The highest BCUT2D eigenvalue weighted by Crippen LogP contribution is 2.29. The first-order valence-electron chi connectivity index (χ1n) is 9.79. The molecule has 10 heteroatoms. The van der Waals surface area contributed by atoms with Gasteiger partial charge in [0.05, 0.1) is 10.9 Å². The van der Waals surface area contributed by atoms with Crippen molar-refractivity contribution >= 4 is 15.9 Å². The van der Waals surface area contributed by atoms with Crippen molar-refractivity contribution in [3.8, 4) is 5.75 Å². The molecule has 0 radical (unpaired) electrons. The van der Waals surface area contributed by atoms with Crippen LogP contribution in [0.1, 0.15) is 43.4 Å². The van der Waals surface area contributed by atoms with Gasteiger partial charge in [-0.15, -0.1) is 13.2 Å². The number of sulfonamides is 1. The van der Waals surface area contributed by atoms with Crippen LogP contribution in [-0.4, -0.2) is 26.7 Å². The van der Waals surface area contributed by atoms with Gasteiger partial charge in [0.25, 0.3) is 0 Å². The highest BCUT2D eigenvalue weighted by Gasteiger charge is 2.31. The molecule has 1 aliphatic rings. The summed E-state index contributed by atoms with van der Waals surface area (Å²) in [5, 5.41) is 2.96. The summed E-state index contributed by atoms with van der Waals surface area (Å²) in [4.78, 5) is 12.2. The lowest BCUT2D eigenvalue weighted by molar-refractivity contribution is -0.274. The largest absolute Gasteiger partial charge is 0.573 e. The van der Waals surface area contributed by atoms with E-state index in [1.807, 2.05) is 24.3 Å². The Bertz CT molecular complexity index is 1020. The average Bonchev–Trinajstić information content (AvgIpc) is 2.67. The van der Waals surface area contributed by atoms with Gasteiger partial charge in [0.2, 0.25) is 15.9 Å². The third-order valence-electron chi connectivity index (χ3n) is 4.92. The summed E-state index contributed by atoms with van der Waals surface area (Å²) in [5.41, 5.74) is 2.28. The van der Waals surface area contributed by atoms with Crippen molar-refractivity contribution in [1.29, 1.82) is 0 Å². The van der Waals surface area contributed by atoms with E-state index in [2.05, 4.69) is 14.8 Å². The number of amides is 1. The van der Waals surface area contributed by atoms with Gasteiger partial charge < -0.3 is 10.1 Å². The maximum Gasteiger partial charge on any atom is 0.573 e. The Labute approximate surface area is 178 Å². The molecule has 2 aromatic carbocycles. The standard InChI is InChI=1S/C21H23F3N2O4S/c1-14(13-20(27)25-19-8-4-6-15-5-2-3-7-18(15)19)26-31(28,29)17-11-9-16(10-12-17)30-21(22,23)24/h2-3,5,7,9-12,14,19,26H,4,6,8,13H2,1H3,(H,25,27). The van der Waals surface area contributed by atoms with E-state index in [0.29, 0.717) is 0 Å². The van der Waals surface area contributed by atoms with Crippen molar-refractivity contribution < 1.29 is 31.1 Å². The summed E-state index contributed by atoms with van der Waals surface area (Å²) in [6, 6.07) is 10.9. The van der Waals surface area contributed by atoms with Gasteiger partial charge in [0.15, 0.2) is 0 Å². The lowest BCUT2D eigenvalue weighted by atomic mass is 9.87. The number of benzene rings is 2. The van der Waals surface area contributed by atoms with Gasteiger partial charge in [-0.1, -0.05) is 24.3 Å². The SMILES string of the molecule is CC(CC(=O)NC1CCCc2ccccc21)NS(=O)(=O)c1ccc(OC(F)(F)F)cc1. The third-order valence-corrected chi connectivity index (χ3v) is 6.53. The lowest BCUT2D eigenvalue weighted by Crippen LogP contribution is -2.38. The molecule has 3 rings (SSSR count). The smallest absolute Gasteiger partial charge is 0.406 e. The van der Waals surface area contributed by atoms with E-state index in [9.17, 15) is 26.4 Å². The van der Waals surface area contributed by atoms with Crippen LogP contribution >= 0.6 is 0 Å². The van der Waals surface area contributed by atoms with E-state index in [-0.39, 0.29) is 23.3 Å². The van der Waals surface area contributed by atoms with Crippen molar-refractivity contribution in [1.82, 2.24) is 10.0 Å². The number of carbonyl (C=O) groups excluding carboxylic acids is 1. The van der Waals surface area contributed by atoms with E-state index in [1.54, 1.807) is 6.92 Å². The van der Waals surface area contributed by atoms with Gasteiger partial charge in [-0.2, -0.15) is 0 Å². The van der Waals surface area contributed by atoms with Gasteiger partial charge in [-0.3, -0.25) is 4.79 Å². The van der Waals surface area contributed by atoms with Gasteiger partial charge in [-0.25, -0.2) is 13.1 Å². The molecule has 0 fully saturated rings. The fourth-order valence-corrected chi connectivity index (χ4v) is 4.87. The lowest BCUT2D eigenvalue weighted by Gasteiger charge is -2.27. The fraction of sp³-hybridized carbons (Fsp3) is 0.381. The predicted molar refractivity (Wildman–Crippen MR) is 108 cm³/mol. The highest BCUT2D eigenvalue weighted by atomic mass is 32.2. The maximum atomic E-state index is 12.5. The number of fused-ring (bicyclic) bond motifs is 1. The van der Waals surface area contributed by atoms with Crippen molar-refractivity contribution in [3.05, 3.63) is 59.7 Å². The van der Waals surface area contributed by atoms with Crippen molar-refractivity contribution in [3.63, 3.8) is 0 Å². The normalized spacial score (nSPS) is 17.5. The summed E-state index contributed by atoms with van der Waals surface area (Å²) < 4.78 is 67.7. The topological polar surface area (TPSA) is 84.5 Å². The molecule has 0 spiro atoms. The van der Waals surface area contributed by atoms with Gasteiger partial charge >= 0.3 is 6.36 Å². The number of hydrogen-bond donors (Lipinski definition) is 2. The number of ether oxygens (including phenoxy) is 1. The molecule has 2 aromatic rings. The summed E-state index contributed by atoms with van der Waals surface area (Å²) >= 11 is 0. The van der Waals surface area contributed by atoms with Gasteiger partial charge in [-0.05, 0) is 61.6 Å². The quantitative estimate of drug-likeness (QED) is 0.663. The zero-order valence-corrected chi connectivity index (χ0v) is 17.6. The molecule has 0 saturated carbocycles. The molecule has 0 aromatic heterocycles. The first-order valence-corrected chi connectivity index (χ1v) is 11.3. The molecule has 0 bridgehead atoms. The summed E-state index contributed by atoms with van der Waals surface area (Å²) in [7, 11) is -4.01. The summed E-state index contributed by atoms with van der Waals surface area (Å²) in [5.74, 6) is -0.808. The molecule has 0 heterocycles. The zero-order chi connectivity index (χ0) is 22.6. The Morgan fingerprint density at radius 3 is 2.52 bits per heavy atom. The third kappa shape index (κ3) is 6.44. The minimum atomic E-state index is -4.86. The van der Waals surface area contributed by atoms with Crippen molar-refractivity contribution in [2.45, 2.75) is 55.9 Å². The van der Waals surface area contributed by atoms with Gasteiger partial charge in [0, 0.05) is 12.5 Å². The minimum absolute atomic E-state index is 0.0762. The van der Waals surface area contributed by atoms with Crippen molar-refractivity contribution in [2.24, 2.45) is 0 Å². The number of nitrogens with one attached hydrogen (secondary N) is 2. The van der Waals surface area contributed by atoms with Gasteiger partial charge in [0.1, 0.15) is 5.75 Å². The molecule has 2 unspecified atom stereocenters. The van der Waals surface area contributed by atoms with Crippen LogP contribution in [0.15, 0.2) is 53.4 Å². The molecule has 31 heavy (non-hydrogen) atoms. The molecular weight excluding hydrogens is 433 g/mol. The molecule has 6 nitrogen and oxygen atoms in total. The average molecular weight is 456 g/mol. The Morgan fingerprint density at radius 1 is 1.16 bits per heavy atom. The monoisotopic (exact) mass is 456 g/mol. The predicted octanol–water partition coefficient (Wildman–Crippen LogP) is 3.84. The second-order valence-electron chi connectivity index (χ2n) is 7.46. The molecule has 0 aliphatic heterocycles.